The van der Waals surface area contributed by atoms with Crippen LogP contribution in [0.2, 0.25) is 0 Å². The molecule has 0 saturated heterocycles. The van der Waals surface area contributed by atoms with Crippen molar-refractivity contribution in [3.05, 3.63) is 90.3 Å². The Balaban J connectivity index is 1.92. The minimum absolute atomic E-state index is 0.152. The van der Waals surface area contributed by atoms with Crippen LogP contribution in [0, 0.1) is 11.6 Å². The van der Waals surface area contributed by atoms with Crippen LogP contribution in [0.5, 0.6) is 0 Å². The van der Waals surface area contributed by atoms with E-state index in [0.29, 0.717) is 11.3 Å². The van der Waals surface area contributed by atoms with Crippen molar-refractivity contribution in [1.82, 2.24) is 15.0 Å². The zero-order valence-electron chi connectivity index (χ0n) is 14.3. The van der Waals surface area contributed by atoms with Crippen molar-refractivity contribution in [2.75, 3.05) is 6.54 Å². The highest BCUT2D eigenvalue weighted by atomic mass is 19.1. The lowest BCUT2D eigenvalue weighted by Gasteiger charge is -2.19. The fourth-order valence-corrected chi connectivity index (χ4v) is 3.36. The maximum atomic E-state index is 13.8. The summed E-state index contributed by atoms with van der Waals surface area (Å²) in [6.45, 7) is 0.152. The molecule has 0 aliphatic rings. The number of nitrogens with two attached hydrogens (primary N) is 1. The summed E-state index contributed by atoms with van der Waals surface area (Å²) >= 11 is 0. The molecule has 6 heteroatoms. The zero-order chi connectivity index (χ0) is 18.8. The summed E-state index contributed by atoms with van der Waals surface area (Å²) < 4.78 is 27.5. The van der Waals surface area contributed by atoms with Crippen LogP contribution in [0.3, 0.4) is 0 Å². The Morgan fingerprint density at radius 1 is 0.926 bits per heavy atom. The maximum absolute atomic E-state index is 13.8. The van der Waals surface area contributed by atoms with Gasteiger partial charge in [-0.3, -0.25) is 4.98 Å². The van der Waals surface area contributed by atoms with Crippen molar-refractivity contribution < 1.29 is 8.78 Å². The zero-order valence-corrected chi connectivity index (χ0v) is 14.3. The van der Waals surface area contributed by atoms with E-state index >= 15 is 0 Å². The Hall–Kier alpha value is -3.25. The molecule has 0 bridgehead atoms. The first kappa shape index (κ1) is 17.2. The highest BCUT2D eigenvalue weighted by Crippen LogP contribution is 2.34. The van der Waals surface area contributed by atoms with E-state index in [4.69, 9.17) is 5.73 Å². The molecule has 2 aromatic heterocycles. The minimum atomic E-state index is -0.643. The van der Waals surface area contributed by atoms with E-state index in [9.17, 15) is 8.78 Å². The minimum Gasteiger partial charge on any atom is -0.329 e. The van der Waals surface area contributed by atoms with E-state index in [1.807, 2.05) is 24.3 Å². The number of nitrogens with zero attached hydrogens (tertiary/aromatic N) is 3. The summed E-state index contributed by atoms with van der Waals surface area (Å²) in [7, 11) is 0. The smallest absolute Gasteiger partial charge is 0.126 e. The quantitative estimate of drug-likeness (QED) is 0.595. The molecule has 4 aromatic rings. The highest BCUT2D eigenvalue weighted by molar-refractivity contribution is 5.96. The number of rotatable bonds is 4. The van der Waals surface area contributed by atoms with E-state index in [0.717, 1.165) is 28.0 Å². The fraction of sp³-hybridized carbons (Fsp3) is 0.0952. The second-order valence-electron chi connectivity index (χ2n) is 6.22. The number of fused-ring (bicyclic) bond motifs is 1. The lowest BCUT2D eigenvalue weighted by atomic mass is 9.89. The SMILES string of the molecule is NC[C@H](c1cc(F)cc(F)c1)c1ncncc1-c1cccc2cnccc12. The van der Waals surface area contributed by atoms with Crippen molar-refractivity contribution in [1.29, 1.82) is 0 Å². The van der Waals surface area contributed by atoms with Crippen molar-refractivity contribution in [3.8, 4) is 11.1 Å². The van der Waals surface area contributed by atoms with Crippen LogP contribution in [-0.2, 0) is 0 Å². The van der Waals surface area contributed by atoms with E-state index in [2.05, 4.69) is 15.0 Å². The van der Waals surface area contributed by atoms with Crippen molar-refractivity contribution in [3.63, 3.8) is 0 Å². The standard InChI is InChI=1S/C21H16F2N4/c22-15-6-14(7-16(23)8-15)19(9-24)21-20(11-26-12-27-21)18-3-1-2-13-10-25-5-4-17(13)18/h1-8,10-12,19H,9,24H2/t19-/m1/s1. The van der Waals surface area contributed by atoms with Crippen LogP contribution in [0.15, 0.2) is 67.4 Å². The molecule has 27 heavy (non-hydrogen) atoms. The second kappa shape index (κ2) is 7.17. The van der Waals surface area contributed by atoms with Gasteiger partial charge in [0.1, 0.15) is 18.0 Å². The molecule has 2 heterocycles. The summed E-state index contributed by atoms with van der Waals surface area (Å²) in [5, 5.41) is 1.97. The van der Waals surface area contributed by atoms with Crippen LogP contribution in [0.25, 0.3) is 21.9 Å². The van der Waals surface area contributed by atoms with Gasteiger partial charge in [0.15, 0.2) is 0 Å². The van der Waals surface area contributed by atoms with Gasteiger partial charge in [-0.1, -0.05) is 18.2 Å². The van der Waals surface area contributed by atoms with Crippen LogP contribution in [0.4, 0.5) is 8.78 Å². The normalized spacial score (nSPS) is 12.3. The number of aromatic nitrogens is 3. The first-order chi connectivity index (χ1) is 13.2. The molecule has 4 rings (SSSR count). The predicted octanol–water partition coefficient (Wildman–Crippen LogP) is 4.06. The summed E-state index contributed by atoms with van der Waals surface area (Å²) in [6.07, 6.45) is 6.63. The second-order valence-corrected chi connectivity index (χ2v) is 6.22. The molecular weight excluding hydrogens is 346 g/mol. The number of benzene rings is 2. The van der Waals surface area contributed by atoms with Gasteiger partial charge < -0.3 is 5.73 Å². The average molecular weight is 362 g/mol. The van der Waals surface area contributed by atoms with E-state index < -0.39 is 17.6 Å². The molecule has 1 atom stereocenters. The highest BCUT2D eigenvalue weighted by Gasteiger charge is 2.21. The third kappa shape index (κ3) is 3.27. The molecule has 2 aromatic carbocycles. The molecule has 0 aliphatic heterocycles. The van der Waals surface area contributed by atoms with E-state index in [1.54, 1.807) is 18.6 Å². The van der Waals surface area contributed by atoms with Gasteiger partial charge in [0.05, 0.1) is 5.69 Å². The summed E-state index contributed by atoms with van der Waals surface area (Å²) in [4.78, 5) is 12.7. The number of hydrogen-bond donors (Lipinski definition) is 1. The van der Waals surface area contributed by atoms with Gasteiger partial charge in [0.2, 0.25) is 0 Å². The third-order valence-corrected chi connectivity index (χ3v) is 4.57. The van der Waals surface area contributed by atoms with Gasteiger partial charge in [-0.25, -0.2) is 18.7 Å². The number of hydrogen-bond acceptors (Lipinski definition) is 4. The molecule has 2 N–H and O–H groups in total. The molecule has 0 fully saturated rings. The molecule has 0 saturated carbocycles. The third-order valence-electron chi connectivity index (χ3n) is 4.57. The van der Waals surface area contributed by atoms with Crippen LogP contribution < -0.4 is 5.73 Å². The Bertz CT molecular complexity index is 1090. The summed E-state index contributed by atoms with van der Waals surface area (Å²) in [5.74, 6) is -1.75. The summed E-state index contributed by atoms with van der Waals surface area (Å²) in [5.41, 5.74) is 8.74. The van der Waals surface area contributed by atoms with Crippen molar-refractivity contribution in [2.24, 2.45) is 5.73 Å². The Labute approximate surface area is 154 Å². The lowest BCUT2D eigenvalue weighted by molar-refractivity contribution is 0.576. The maximum Gasteiger partial charge on any atom is 0.126 e. The number of halogens is 2. The van der Waals surface area contributed by atoms with Gasteiger partial charge >= 0.3 is 0 Å². The average Bonchev–Trinajstić information content (AvgIpc) is 2.68. The van der Waals surface area contributed by atoms with Gasteiger partial charge in [0.25, 0.3) is 0 Å². The predicted molar refractivity (Wildman–Crippen MR) is 100 cm³/mol. The Kier molecular flexibility index (Phi) is 4.56. The lowest BCUT2D eigenvalue weighted by Crippen LogP contribution is -2.17. The first-order valence-electron chi connectivity index (χ1n) is 8.46. The molecular formula is C21H16F2N4. The molecule has 134 valence electrons. The van der Waals surface area contributed by atoms with Gasteiger partial charge in [-0.05, 0) is 34.7 Å². The van der Waals surface area contributed by atoms with Gasteiger partial charge in [0, 0.05) is 48.1 Å². The molecule has 0 spiro atoms. The molecule has 0 amide bonds. The van der Waals surface area contributed by atoms with Crippen LogP contribution in [-0.4, -0.2) is 21.5 Å². The molecule has 0 unspecified atom stereocenters. The van der Waals surface area contributed by atoms with E-state index in [-0.39, 0.29) is 6.54 Å². The fourth-order valence-electron chi connectivity index (χ4n) is 3.36. The van der Waals surface area contributed by atoms with Crippen LogP contribution >= 0.6 is 0 Å². The summed E-state index contributed by atoms with van der Waals surface area (Å²) in [6, 6.07) is 11.2. The topological polar surface area (TPSA) is 64.7 Å². The Morgan fingerprint density at radius 3 is 2.52 bits per heavy atom. The van der Waals surface area contributed by atoms with Gasteiger partial charge in [-0.15, -0.1) is 0 Å². The molecule has 0 radical (unpaired) electrons. The monoisotopic (exact) mass is 362 g/mol. The van der Waals surface area contributed by atoms with Crippen LogP contribution in [0.1, 0.15) is 17.2 Å². The first-order valence-corrected chi connectivity index (χ1v) is 8.46. The largest absolute Gasteiger partial charge is 0.329 e. The van der Waals surface area contributed by atoms with Crippen molar-refractivity contribution in [2.45, 2.75) is 5.92 Å². The number of pyridine rings is 1. The molecule has 0 aliphatic carbocycles. The van der Waals surface area contributed by atoms with Crippen molar-refractivity contribution >= 4 is 10.8 Å². The Morgan fingerprint density at radius 2 is 1.74 bits per heavy atom. The van der Waals surface area contributed by atoms with E-state index in [1.165, 1.54) is 18.5 Å². The van der Waals surface area contributed by atoms with Gasteiger partial charge in [-0.2, -0.15) is 0 Å². The molecule has 4 nitrogen and oxygen atoms in total.